The van der Waals surface area contributed by atoms with E-state index in [1.807, 2.05) is 0 Å². The Hall–Kier alpha value is -1.47. The number of aliphatic hydroxyl groups is 2. The van der Waals surface area contributed by atoms with Crippen LogP contribution in [0.2, 0.25) is 0 Å². The lowest BCUT2D eigenvalue weighted by Crippen LogP contribution is -2.44. The van der Waals surface area contributed by atoms with Gasteiger partial charge in [0.25, 0.3) is 5.91 Å². The number of amides is 2. The Morgan fingerprint density at radius 1 is 1.15 bits per heavy atom. The van der Waals surface area contributed by atoms with Gasteiger partial charge in [0, 0.05) is 0 Å². The van der Waals surface area contributed by atoms with Crippen molar-refractivity contribution < 1.29 is 29.7 Å². The van der Waals surface area contributed by atoms with Gasteiger partial charge in [0.05, 0.1) is 13.2 Å². The number of rotatable bonds is 3. The molecule has 0 aromatic heterocycles. The minimum atomic E-state index is -1.81. The third-order valence-corrected chi connectivity index (χ3v) is 1.19. The first-order chi connectivity index (χ1) is 6.04. The molecule has 0 heterocycles. The van der Waals surface area contributed by atoms with Crippen molar-refractivity contribution in [3.05, 3.63) is 0 Å². The number of carbonyl (C=O) groups is 3. The van der Waals surface area contributed by atoms with Crippen LogP contribution in [0.1, 0.15) is 0 Å². The molecule has 0 fully saturated rings. The summed E-state index contributed by atoms with van der Waals surface area (Å²) in [5.74, 6) is -4.33. The van der Waals surface area contributed by atoms with E-state index < -0.39 is 37.5 Å². The van der Waals surface area contributed by atoms with Crippen LogP contribution in [0.5, 0.6) is 0 Å². The van der Waals surface area contributed by atoms with Crippen LogP contribution < -0.4 is 0 Å². The van der Waals surface area contributed by atoms with Gasteiger partial charge >= 0.3 is 11.9 Å². The minimum absolute atomic E-state index is 0.266. The van der Waals surface area contributed by atoms with Crippen LogP contribution >= 0.6 is 0 Å². The first-order valence-electron chi connectivity index (χ1n) is 3.34. The van der Waals surface area contributed by atoms with E-state index in [1.165, 1.54) is 0 Å². The summed E-state index contributed by atoms with van der Waals surface area (Å²) in [6.45, 7) is -1.96. The molecule has 74 valence electrons. The number of hydrogen-bond donors (Lipinski definition) is 3. The van der Waals surface area contributed by atoms with Crippen molar-refractivity contribution in [2.75, 3.05) is 19.8 Å². The van der Waals surface area contributed by atoms with Crippen LogP contribution in [-0.4, -0.2) is 57.8 Å². The Kier molecular flexibility index (Phi) is 4.63. The van der Waals surface area contributed by atoms with Gasteiger partial charge in [0.1, 0.15) is 6.61 Å². The van der Waals surface area contributed by atoms with Crippen molar-refractivity contribution in [1.82, 2.24) is 4.90 Å². The van der Waals surface area contributed by atoms with Gasteiger partial charge in [-0.15, -0.1) is 0 Å². The molecule has 0 aromatic rings. The number of imide groups is 1. The highest BCUT2D eigenvalue weighted by Crippen LogP contribution is 1.91. The molecule has 2 amide bonds. The third-order valence-electron chi connectivity index (χ3n) is 1.19. The quantitative estimate of drug-likeness (QED) is 0.422. The molecule has 13 heavy (non-hydrogen) atoms. The molecule has 0 bridgehead atoms. The molecule has 3 N–H and O–H groups in total. The standard InChI is InChI=1S/C6H9NO6/c8-2-1-7(4(10)3-9)5(11)6(12)13/h8-9H,1-3H2,(H,12,13). The van der Waals surface area contributed by atoms with Gasteiger partial charge in [-0.25, -0.2) is 4.79 Å². The van der Waals surface area contributed by atoms with Crippen LogP contribution in [-0.2, 0) is 14.4 Å². The molecule has 0 aliphatic heterocycles. The average Bonchev–Trinajstić information content (AvgIpc) is 2.11. The molecular formula is C6H9NO6. The highest BCUT2D eigenvalue weighted by atomic mass is 16.4. The van der Waals surface area contributed by atoms with Gasteiger partial charge in [-0.2, -0.15) is 0 Å². The number of aliphatic hydroxyl groups excluding tert-OH is 2. The zero-order chi connectivity index (χ0) is 10.4. The first-order valence-corrected chi connectivity index (χ1v) is 3.34. The Labute approximate surface area is 73.2 Å². The maximum Gasteiger partial charge on any atom is 0.395 e. The van der Waals surface area contributed by atoms with E-state index in [1.54, 1.807) is 0 Å². The monoisotopic (exact) mass is 191 g/mol. The van der Waals surface area contributed by atoms with Crippen molar-refractivity contribution in [3.8, 4) is 0 Å². The highest BCUT2D eigenvalue weighted by molar-refractivity contribution is 6.34. The Balaban J connectivity index is 4.50. The van der Waals surface area contributed by atoms with Crippen LogP contribution in [0, 0.1) is 0 Å². The summed E-state index contributed by atoms with van der Waals surface area (Å²) in [7, 11) is 0. The van der Waals surface area contributed by atoms with Crippen molar-refractivity contribution in [2.45, 2.75) is 0 Å². The van der Waals surface area contributed by atoms with E-state index in [4.69, 9.17) is 15.3 Å². The maximum absolute atomic E-state index is 10.7. The molecular weight excluding hydrogens is 182 g/mol. The molecule has 7 nitrogen and oxygen atoms in total. The maximum atomic E-state index is 10.7. The number of hydrogen-bond acceptors (Lipinski definition) is 5. The fourth-order valence-electron chi connectivity index (χ4n) is 0.640. The lowest BCUT2D eigenvalue weighted by molar-refractivity contribution is -0.161. The normalized spacial score (nSPS) is 9.38. The van der Waals surface area contributed by atoms with E-state index in [0.29, 0.717) is 0 Å². The van der Waals surface area contributed by atoms with Crippen molar-refractivity contribution >= 4 is 17.8 Å². The van der Waals surface area contributed by atoms with Crippen LogP contribution in [0.4, 0.5) is 0 Å². The van der Waals surface area contributed by atoms with Crippen molar-refractivity contribution in [1.29, 1.82) is 0 Å². The second kappa shape index (κ2) is 5.22. The fraction of sp³-hybridized carbons (Fsp3) is 0.500. The SMILES string of the molecule is O=C(O)C(=O)N(CCO)C(=O)CO. The zero-order valence-electron chi connectivity index (χ0n) is 6.63. The smallest absolute Gasteiger partial charge is 0.395 e. The Bertz CT molecular complexity index is 225. The molecule has 0 atom stereocenters. The third kappa shape index (κ3) is 3.18. The van der Waals surface area contributed by atoms with E-state index in [9.17, 15) is 14.4 Å². The van der Waals surface area contributed by atoms with Gasteiger partial charge in [0.2, 0.25) is 0 Å². The first kappa shape index (κ1) is 11.5. The molecule has 0 aliphatic carbocycles. The highest BCUT2D eigenvalue weighted by Gasteiger charge is 2.25. The molecule has 0 saturated carbocycles. The van der Waals surface area contributed by atoms with Gasteiger partial charge < -0.3 is 15.3 Å². The second-order valence-electron chi connectivity index (χ2n) is 2.04. The number of carboxylic acids is 1. The van der Waals surface area contributed by atoms with Gasteiger partial charge in [0.15, 0.2) is 0 Å². The van der Waals surface area contributed by atoms with Crippen LogP contribution in [0.25, 0.3) is 0 Å². The van der Waals surface area contributed by atoms with Gasteiger partial charge in [-0.05, 0) is 0 Å². The van der Waals surface area contributed by atoms with E-state index >= 15 is 0 Å². The van der Waals surface area contributed by atoms with E-state index in [2.05, 4.69) is 0 Å². The lowest BCUT2D eigenvalue weighted by Gasteiger charge is -2.15. The fourth-order valence-corrected chi connectivity index (χ4v) is 0.640. The zero-order valence-corrected chi connectivity index (χ0v) is 6.63. The van der Waals surface area contributed by atoms with Crippen LogP contribution in [0.15, 0.2) is 0 Å². The topological polar surface area (TPSA) is 115 Å². The summed E-state index contributed by atoms with van der Waals surface area (Å²) in [5, 5.41) is 25.0. The Morgan fingerprint density at radius 2 is 1.69 bits per heavy atom. The summed E-state index contributed by atoms with van der Waals surface area (Å²) >= 11 is 0. The summed E-state index contributed by atoms with van der Waals surface area (Å²) in [6.07, 6.45) is 0. The summed E-state index contributed by atoms with van der Waals surface area (Å²) < 4.78 is 0. The van der Waals surface area contributed by atoms with E-state index in [0.717, 1.165) is 0 Å². The summed E-state index contributed by atoms with van der Waals surface area (Å²) in [5.41, 5.74) is 0. The van der Waals surface area contributed by atoms with Crippen molar-refractivity contribution in [3.63, 3.8) is 0 Å². The van der Waals surface area contributed by atoms with Crippen LogP contribution in [0.3, 0.4) is 0 Å². The summed E-state index contributed by atoms with van der Waals surface area (Å²) in [6, 6.07) is 0. The number of carboxylic acid groups (broad SMARTS) is 1. The number of carbonyl (C=O) groups excluding carboxylic acids is 2. The van der Waals surface area contributed by atoms with Crippen molar-refractivity contribution in [2.24, 2.45) is 0 Å². The molecule has 0 rings (SSSR count). The average molecular weight is 191 g/mol. The van der Waals surface area contributed by atoms with Gasteiger partial charge in [-0.1, -0.05) is 0 Å². The minimum Gasteiger partial charge on any atom is -0.474 e. The number of nitrogens with zero attached hydrogens (tertiary/aromatic N) is 1. The number of aliphatic carboxylic acids is 1. The van der Waals surface area contributed by atoms with E-state index in [-0.39, 0.29) is 4.90 Å². The molecule has 0 spiro atoms. The van der Waals surface area contributed by atoms with Gasteiger partial charge in [-0.3, -0.25) is 14.5 Å². The molecule has 0 radical (unpaired) electrons. The largest absolute Gasteiger partial charge is 0.474 e. The molecule has 0 aromatic carbocycles. The molecule has 7 heteroatoms. The second-order valence-corrected chi connectivity index (χ2v) is 2.04. The predicted molar refractivity (Wildman–Crippen MR) is 38.5 cm³/mol. The lowest BCUT2D eigenvalue weighted by atomic mass is 10.4. The molecule has 0 saturated heterocycles. The predicted octanol–water partition coefficient (Wildman–Crippen LogP) is -2.59. The summed E-state index contributed by atoms with van der Waals surface area (Å²) in [4.78, 5) is 31.8. The Morgan fingerprint density at radius 3 is 2.00 bits per heavy atom. The molecule has 0 unspecified atom stereocenters. The molecule has 0 aliphatic rings.